The van der Waals surface area contributed by atoms with Crippen molar-refractivity contribution in [1.29, 1.82) is 10.8 Å². The number of ether oxygens (including phenoxy) is 1. The molecule has 200 valence electrons. The van der Waals surface area contributed by atoms with Crippen molar-refractivity contribution in [1.82, 2.24) is 15.2 Å². The van der Waals surface area contributed by atoms with Crippen molar-refractivity contribution in [3.63, 3.8) is 0 Å². The molecular weight excluding hydrogens is 490 g/mol. The molecular formula is C30H33N7O2. The molecule has 0 saturated heterocycles. The van der Waals surface area contributed by atoms with Gasteiger partial charge in [-0.2, -0.15) is 0 Å². The number of nitrogens with two attached hydrogens (primary N) is 2. The lowest BCUT2D eigenvalue weighted by Gasteiger charge is -2.29. The highest BCUT2D eigenvalue weighted by Crippen LogP contribution is 2.26. The van der Waals surface area contributed by atoms with Crippen LogP contribution in [-0.4, -0.2) is 34.4 Å². The van der Waals surface area contributed by atoms with Crippen LogP contribution in [0.25, 0.3) is 10.9 Å². The van der Waals surface area contributed by atoms with Gasteiger partial charge in [-0.05, 0) is 67.6 Å². The van der Waals surface area contributed by atoms with Crippen LogP contribution in [0.1, 0.15) is 47.3 Å². The number of hydrogen-bond donors (Lipinski definition) is 6. The maximum Gasteiger partial charge on any atom is 0.268 e. The van der Waals surface area contributed by atoms with E-state index in [0.29, 0.717) is 17.8 Å². The van der Waals surface area contributed by atoms with Crippen LogP contribution in [0.4, 0.5) is 0 Å². The lowest BCUT2D eigenvalue weighted by molar-refractivity contribution is 0.0916. The Labute approximate surface area is 227 Å². The number of fused-ring (bicyclic) bond motifs is 1. The number of hydrogen-bond acceptors (Lipinski definition) is 4. The van der Waals surface area contributed by atoms with Gasteiger partial charge < -0.3 is 31.4 Å². The number of nitrogen functional groups attached to an aromatic ring is 1. The summed E-state index contributed by atoms with van der Waals surface area (Å²) >= 11 is 0. The molecule has 0 atom stereocenters. The van der Waals surface area contributed by atoms with E-state index in [-0.39, 0.29) is 29.8 Å². The summed E-state index contributed by atoms with van der Waals surface area (Å²) in [6.45, 7) is 0.467. The maximum absolute atomic E-state index is 13.5. The molecule has 1 aliphatic carbocycles. The zero-order valence-corrected chi connectivity index (χ0v) is 21.6. The molecule has 1 aliphatic rings. The van der Waals surface area contributed by atoms with Gasteiger partial charge in [0.25, 0.3) is 5.91 Å². The minimum absolute atomic E-state index is 0.0170. The van der Waals surface area contributed by atoms with E-state index in [1.54, 1.807) is 6.07 Å². The molecule has 1 amide bonds. The van der Waals surface area contributed by atoms with E-state index in [2.05, 4.69) is 10.6 Å². The van der Waals surface area contributed by atoms with Gasteiger partial charge in [0, 0.05) is 35.1 Å². The number of nitrogens with one attached hydrogen (secondary N) is 4. The molecule has 5 rings (SSSR count). The highest BCUT2D eigenvalue weighted by molar-refractivity contribution is 6.02. The van der Waals surface area contributed by atoms with Crippen molar-refractivity contribution in [2.75, 3.05) is 0 Å². The van der Waals surface area contributed by atoms with Gasteiger partial charge in [-0.15, -0.1) is 0 Å². The molecule has 0 radical (unpaired) electrons. The van der Waals surface area contributed by atoms with E-state index in [4.69, 9.17) is 27.0 Å². The lowest BCUT2D eigenvalue weighted by atomic mass is 9.91. The fourth-order valence-corrected chi connectivity index (χ4v) is 5.11. The summed E-state index contributed by atoms with van der Waals surface area (Å²) in [6.07, 6.45) is 3.31. The molecule has 0 spiro atoms. The summed E-state index contributed by atoms with van der Waals surface area (Å²) in [5, 5.41) is 22.4. The fourth-order valence-electron chi connectivity index (χ4n) is 5.11. The van der Waals surface area contributed by atoms with Crippen molar-refractivity contribution in [3.05, 3.63) is 95.7 Å². The third kappa shape index (κ3) is 6.20. The summed E-state index contributed by atoms with van der Waals surface area (Å²) in [5.41, 5.74) is 14.3. The van der Waals surface area contributed by atoms with Crippen LogP contribution >= 0.6 is 0 Å². The Hall–Kier alpha value is -4.79. The van der Waals surface area contributed by atoms with Crippen LogP contribution in [0.5, 0.6) is 11.5 Å². The summed E-state index contributed by atoms with van der Waals surface area (Å²) in [5.74, 6) is 1.32. The number of rotatable bonds is 8. The molecule has 4 aromatic rings. The minimum Gasteiger partial charge on any atom is -0.457 e. The monoisotopic (exact) mass is 523 g/mol. The first kappa shape index (κ1) is 25.8. The highest BCUT2D eigenvalue weighted by atomic mass is 16.5. The Morgan fingerprint density at radius 3 is 2.13 bits per heavy atom. The maximum atomic E-state index is 13.5. The van der Waals surface area contributed by atoms with Gasteiger partial charge in [-0.1, -0.05) is 42.5 Å². The number of amidine groups is 1. The molecule has 3 aromatic carbocycles. The van der Waals surface area contributed by atoms with Crippen LogP contribution in [0.2, 0.25) is 0 Å². The first-order valence-corrected chi connectivity index (χ1v) is 13.1. The summed E-state index contributed by atoms with van der Waals surface area (Å²) < 4.78 is 7.90. The standard InChI is InChI=1S/C30H33N7O2/c31-28(32)21-9-8-20-16-27(29(38)35-22-10-12-23(13-11-22)36-30(33)34)37(26(20)17-21)18-19-6-14-25(15-7-19)39-24-4-2-1-3-5-24/h1-9,14-17,22-23H,10-13,18H2,(H3,31,32)(H,35,38)(H4,33,34,36). The van der Waals surface area contributed by atoms with Crippen LogP contribution in [-0.2, 0) is 6.54 Å². The zero-order valence-electron chi connectivity index (χ0n) is 21.6. The molecule has 0 aliphatic heterocycles. The number of guanidine groups is 1. The van der Waals surface area contributed by atoms with Crippen LogP contribution < -0.4 is 26.8 Å². The van der Waals surface area contributed by atoms with Crippen molar-refractivity contribution in [3.8, 4) is 11.5 Å². The predicted molar refractivity (Wildman–Crippen MR) is 154 cm³/mol. The molecule has 1 fully saturated rings. The van der Waals surface area contributed by atoms with E-state index >= 15 is 0 Å². The third-order valence-electron chi connectivity index (χ3n) is 7.11. The molecule has 1 heterocycles. The first-order chi connectivity index (χ1) is 18.9. The van der Waals surface area contributed by atoms with Crippen LogP contribution in [0.3, 0.4) is 0 Å². The second kappa shape index (κ2) is 11.3. The number of benzene rings is 3. The van der Waals surface area contributed by atoms with Gasteiger partial charge >= 0.3 is 0 Å². The molecule has 9 nitrogen and oxygen atoms in total. The minimum atomic E-state index is -0.136. The smallest absolute Gasteiger partial charge is 0.268 e. The van der Waals surface area contributed by atoms with Crippen molar-refractivity contribution in [2.45, 2.75) is 44.3 Å². The second-order valence-electron chi connectivity index (χ2n) is 9.94. The number of nitrogens with zero attached hydrogens (tertiary/aromatic N) is 1. The second-order valence-corrected chi connectivity index (χ2v) is 9.94. The number of aromatic nitrogens is 1. The van der Waals surface area contributed by atoms with E-state index in [1.165, 1.54) is 0 Å². The molecule has 0 bridgehead atoms. The van der Waals surface area contributed by atoms with E-state index in [9.17, 15) is 4.79 Å². The number of amides is 1. The Morgan fingerprint density at radius 2 is 1.49 bits per heavy atom. The molecule has 8 N–H and O–H groups in total. The Kier molecular flexibility index (Phi) is 7.49. The average Bonchev–Trinajstić information content (AvgIpc) is 3.29. The summed E-state index contributed by atoms with van der Waals surface area (Å²) in [4.78, 5) is 13.5. The number of carbonyl (C=O) groups excluding carboxylic acids is 1. The lowest BCUT2D eigenvalue weighted by Crippen LogP contribution is -2.45. The van der Waals surface area contributed by atoms with Crippen molar-refractivity contribution < 1.29 is 9.53 Å². The molecule has 1 aromatic heterocycles. The van der Waals surface area contributed by atoms with Crippen molar-refractivity contribution in [2.24, 2.45) is 11.5 Å². The van der Waals surface area contributed by atoms with Gasteiger partial charge in [0.2, 0.25) is 0 Å². The van der Waals surface area contributed by atoms with E-state index in [0.717, 1.165) is 53.6 Å². The fraction of sp³-hybridized carbons (Fsp3) is 0.233. The summed E-state index contributed by atoms with van der Waals surface area (Å²) in [6, 6.07) is 25.1. The SMILES string of the molecule is N=C(N)NC1CCC(NC(=O)c2cc3ccc(C(=N)N)cc3n2Cc2ccc(Oc3ccccc3)cc2)CC1. The Bertz CT molecular complexity index is 1490. The van der Waals surface area contributed by atoms with Crippen molar-refractivity contribution >= 4 is 28.6 Å². The number of para-hydroxylation sites is 1. The van der Waals surface area contributed by atoms with E-state index < -0.39 is 0 Å². The van der Waals surface area contributed by atoms with Gasteiger partial charge in [-0.3, -0.25) is 15.6 Å². The Balaban J connectivity index is 1.37. The normalized spacial score (nSPS) is 16.9. The predicted octanol–water partition coefficient (Wildman–Crippen LogP) is 4.29. The topological polar surface area (TPSA) is 155 Å². The average molecular weight is 524 g/mol. The Morgan fingerprint density at radius 1 is 0.846 bits per heavy atom. The van der Waals surface area contributed by atoms with Gasteiger partial charge in [0.1, 0.15) is 23.0 Å². The van der Waals surface area contributed by atoms with Crippen LogP contribution in [0.15, 0.2) is 78.9 Å². The molecule has 9 heteroatoms. The molecule has 1 saturated carbocycles. The van der Waals surface area contributed by atoms with Gasteiger partial charge in [-0.25, -0.2) is 0 Å². The van der Waals surface area contributed by atoms with Crippen LogP contribution in [0, 0.1) is 10.8 Å². The molecule has 39 heavy (non-hydrogen) atoms. The first-order valence-electron chi connectivity index (χ1n) is 13.1. The molecule has 0 unspecified atom stereocenters. The zero-order chi connectivity index (χ0) is 27.4. The number of carbonyl (C=O) groups is 1. The van der Waals surface area contributed by atoms with Gasteiger partial charge in [0.05, 0.1) is 0 Å². The summed E-state index contributed by atoms with van der Waals surface area (Å²) in [7, 11) is 0. The third-order valence-corrected chi connectivity index (χ3v) is 7.11. The highest BCUT2D eigenvalue weighted by Gasteiger charge is 2.25. The van der Waals surface area contributed by atoms with E-state index in [1.807, 2.05) is 77.4 Å². The largest absolute Gasteiger partial charge is 0.457 e. The quantitative estimate of drug-likeness (QED) is 0.150. The van der Waals surface area contributed by atoms with Gasteiger partial charge in [0.15, 0.2) is 5.96 Å².